The van der Waals surface area contributed by atoms with Gasteiger partial charge in [0.05, 0.1) is 12.1 Å². The number of benzene rings is 2. The second kappa shape index (κ2) is 8.11. The summed E-state index contributed by atoms with van der Waals surface area (Å²) in [5.41, 5.74) is 3.65. The Morgan fingerprint density at radius 2 is 1.88 bits per heavy atom. The molecule has 126 valence electrons. The summed E-state index contributed by atoms with van der Waals surface area (Å²) in [5.74, 6) is -0.785. The normalized spacial score (nSPS) is 11.7. The van der Waals surface area contributed by atoms with E-state index in [1.807, 2.05) is 50.2 Å². The zero-order valence-corrected chi connectivity index (χ0v) is 15.5. The van der Waals surface area contributed by atoms with Crippen LogP contribution in [0.5, 0.6) is 0 Å². The minimum Gasteiger partial charge on any atom is -0.452 e. The van der Waals surface area contributed by atoms with Crippen molar-refractivity contribution in [1.29, 1.82) is 0 Å². The lowest BCUT2D eigenvalue weighted by atomic mass is 10.1. The third kappa shape index (κ3) is 4.93. The van der Waals surface area contributed by atoms with E-state index in [1.165, 1.54) is 0 Å². The zero-order valence-electron chi connectivity index (χ0n) is 13.9. The van der Waals surface area contributed by atoms with Gasteiger partial charge in [0.1, 0.15) is 0 Å². The molecule has 2 aromatic carbocycles. The van der Waals surface area contributed by atoms with Gasteiger partial charge in [-0.1, -0.05) is 30.3 Å². The molecule has 0 aliphatic carbocycles. The Morgan fingerprint density at radius 3 is 2.54 bits per heavy atom. The van der Waals surface area contributed by atoms with E-state index in [1.54, 1.807) is 13.0 Å². The van der Waals surface area contributed by atoms with Crippen LogP contribution in [0.15, 0.2) is 46.9 Å². The highest BCUT2D eigenvalue weighted by Crippen LogP contribution is 2.23. The first-order valence-electron chi connectivity index (χ1n) is 7.68. The number of carbonyl (C=O) groups excluding carboxylic acids is 2. The van der Waals surface area contributed by atoms with E-state index < -0.39 is 12.1 Å². The van der Waals surface area contributed by atoms with Gasteiger partial charge in [-0.05, 0) is 65.5 Å². The Labute approximate surface area is 150 Å². The molecule has 4 nitrogen and oxygen atoms in total. The van der Waals surface area contributed by atoms with Crippen LogP contribution in [-0.4, -0.2) is 18.0 Å². The van der Waals surface area contributed by atoms with Gasteiger partial charge in [0.2, 0.25) is 0 Å². The van der Waals surface area contributed by atoms with Crippen molar-refractivity contribution in [2.75, 3.05) is 5.32 Å². The number of amides is 1. The van der Waals surface area contributed by atoms with Gasteiger partial charge in [-0.3, -0.25) is 9.59 Å². The second-order valence-electron chi connectivity index (χ2n) is 5.71. The number of hydrogen-bond donors (Lipinski definition) is 1. The predicted molar refractivity (Wildman–Crippen MR) is 97.9 cm³/mol. The van der Waals surface area contributed by atoms with Gasteiger partial charge in [-0.2, -0.15) is 0 Å². The number of ether oxygens (including phenoxy) is 1. The molecule has 0 aromatic heterocycles. The molecule has 1 N–H and O–H groups in total. The van der Waals surface area contributed by atoms with E-state index >= 15 is 0 Å². The number of rotatable bonds is 5. The third-order valence-electron chi connectivity index (χ3n) is 3.66. The van der Waals surface area contributed by atoms with E-state index in [0.717, 1.165) is 21.2 Å². The quantitative estimate of drug-likeness (QED) is 0.780. The zero-order chi connectivity index (χ0) is 17.7. The molecule has 1 amide bonds. The summed E-state index contributed by atoms with van der Waals surface area (Å²) in [5, 5.41) is 2.75. The largest absolute Gasteiger partial charge is 0.452 e. The molecule has 0 radical (unpaired) electrons. The molecule has 1 atom stereocenters. The van der Waals surface area contributed by atoms with Gasteiger partial charge in [-0.15, -0.1) is 0 Å². The Balaban J connectivity index is 1.93. The SMILES string of the molecule is Cc1ccc(NC(=O)[C@@H](C)OC(=O)Cc2ccccc2C)c(Br)c1. The fraction of sp³-hybridized carbons (Fsp3) is 0.263. The number of carbonyl (C=O) groups is 2. The smallest absolute Gasteiger partial charge is 0.311 e. The topological polar surface area (TPSA) is 55.4 Å². The van der Waals surface area contributed by atoms with Gasteiger partial charge < -0.3 is 10.1 Å². The van der Waals surface area contributed by atoms with Crippen LogP contribution in [0.25, 0.3) is 0 Å². The van der Waals surface area contributed by atoms with Crippen molar-refractivity contribution in [2.24, 2.45) is 0 Å². The number of anilines is 1. The highest BCUT2D eigenvalue weighted by molar-refractivity contribution is 9.10. The van der Waals surface area contributed by atoms with Crippen molar-refractivity contribution >= 4 is 33.5 Å². The van der Waals surface area contributed by atoms with Crippen molar-refractivity contribution in [3.8, 4) is 0 Å². The molecule has 0 saturated heterocycles. The van der Waals surface area contributed by atoms with E-state index in [2.05, 4.69) is 21.2 Å². The summed E-state index contributed by atoms with van der Waals surface area (Å²) in [7, 11) is 0. The summed E-state index contributed by atoms with van der Waals surface area (Å²) in [4.78, 5) is 24.2. The van der Waals surface area contributed by atoms with Crippen molar-refractivity contribution < 1.29 is 14.3 Å². The number of aryl methyl sites for hydroxylation is 2. The molecule has 0 aliphatic rings. The fourth-order valence-corrected chi connectivity index (χ4v) is 2.80. The van der Waals surface area contributed by atoms with Crippen LogP contribution in [-0.2, 0) is 20.7 Å². The molecular weight excluding hydrogens is 370 g/mol. The Kier molecular flexibility index (Phi) is 6.15. The summed E-state index contributed by atoms with van der Waals surface area (Å²) in [6.45, 7) is 5.47. The molecule has 0 bridgehead atoms. The van der Waals surface area contributed by atoms with Crippen LogP contribution in [0, 0.1) is 13.8 Å². The van der Waals surface area contributed by atoms with Crippen LogP contribution >= 0.6 is 15.9 Å². The Morgan fingerprint density at radius 1 is 1.17 bits per heavy atom. The first kappa shape index (κ1) is 18.2. The predicted octanol–water partition coefficient (Wildman–Crippen LogP) is 4.18. The van der Waals surface area contributed by atoms with E-state index in [-0.39, 0.29) is 12.3 Å². The number of halogens is 1. The Hall–Kier alpha value is -2.14. The summed E-state index contributed by atoms with van der Waals surface area (Å²) in [6, 6.07) is 13.2. The highest BCUT2D eigenvalue weighted by Gasteiger charge is 2.19. The fourth-order valence-electron chi connectivity index (χ4n) is 2.21. The number of esters is 1. The molecule has 2 aromatic rings. The molecule has 0 unspecified atom stereocenters. The average Bonchev–Trinajstić information content (AvgIpc) is 2.52. The van der Waals surface area contributed by atoms with Gasteiger partial charge >= 0.3 is 5.97 Å². The molecule has 0 aliphatic heterocycles. The Bertz CT molecular complexity index is 758. The molecule has 0 spiro atoms. The molecule has 24 heavy (non-hydrogen) atoms. The average molecular weight is 390 g/mol. The van der Waals surface area contributed by atoms with Gasteiger partial charge in [-0.25, -0.2) is 0 Å². The molecule has 0 heterocycles. The number of nitrogens with one attached hydrogen (secondary N) is 1. The maximum absolute atomic E-state index is 12.2. The lowest BCUT2D eigenvalue weighted by molar-refractivity contribution is -0.152. The standard InChI is InChI=1S/C19H20BrNO3/c1-12-8-9-17(16(20)10-12)21-19(23)14(3)24-18(22)11-15-7-5-4-6-13(15)2/h4-10,14H,11H2,1-3H3,(H,21,23)/t14-/m1/s1. The summed E-state index contributed by atoms with van der Waals surface area (Å²) < 4.78 is 6.03. The van der Waals surface area contributed by atoms with Crippen LogP contribution in [0.3, 0.4) is 0 Å². The van der Waals surface area contributed by atoms with E-state index in [9.17, 15) is 9.59 Å². The van der Waals surface area contributed by atoms with Crippen LogP contribution < -0.4 is 5.32 Å². The van der Waals surface area contributed by atoms with Crippen LogP contribution in [0.4, 0.5) is 5.69 Å². The molecule has 5 heteroatoms. The van der Waals surface area contributed by atoms with Crippen molar-refractivity contribution in [3.63, 3.8) is 0 Å². The van der Waals surface area contributed by atoms with E-state index in [4.69, 9.17) is 4.74 Å². The third-order valence-corrected chi connectivity index (χ3v) is 4.31. The van der Waals surface area contributed by atoms with Gasteiger partial charge in [0, 0.05) is 4.47 Å². The van der Waals surface area contributed by atoms with Crippen LogP contribution in [0.2, 0.25) is 0 Å². The first-order valence-corrected chi connectivity index (χ1v) is 8.47. The summed E-state index contributed by atoms with van der Waals surface area (Å²) in [6.07, 6.45) is -0.715. The van der Waals surface area contributed by atoms with Crippen molar-refractivity contribution in [3.05, 3.63) is 63.6 Å². The van der Waals surface area contributed by atoms with Crippen LogP contribution in [0.1, 0.15) is 23.6 Å². The molecular formula is C19H20BrNO3. The molecule has 0 fully saturated rings. The van der Waals surface area contributed by atoms with Crippen molar-refractivity contribution in [2.45, 2.75) is 33.3 Å². The van der Waals surface area contributed by atoms with E-state index in [0.29, 0.717) is 5.69 Å². The molecule has 0 saturated carbocycles. The lowest BCUT2D eigenvalue weighted by Gasteiger charge is -2.15. The second-order valence-corrected chi connectivity index (χ2v) is 6.56. The lowest BCUT2D eigenvalue weighted by Crippen LogP contribution is -2.30. The number of hydrogen-bond acceptors (Lipinski definition) is 3. The monoisotopic (exact) mass is 389 g/mol. The summed E-state index contributed by atoms with van der Waals surface area (Å²) >= 11 is 3.41. The van der Waals surface area contributed by atoms with Gasteiger partial charge in [0.15, 0.2) is 6.10 Å². The highest BCUT2D eigenvalue weighted by atomic mass is 79.9. The van der Waals surface area contributed by atoms with Crippen molar-refractivity contribution in [1.82, 2.24) is 0 Å². The minimum absolute atomic E-state index is 0.151. The first-order chi connectivity index (χ1) is 11.4. The maximum Gasteiger partial charge on any atom is 0.311 e. The molecule has 2 rings (SSSR count). The maximum atomic E-state index is 12.2. The van der Waals surface area contributed by atoms with Gasteiger partial charge in [0.25, 0.3) is 5.91 Å². The minimum atomic E-state index is -0.866.